The van der Waals surface area contributed by atoms with Crippen LogP contribution in [-0.2, 0) is 6.54 Å². The largest absolute Gasteiger partial charge is 0.382 e. The number of aliphatic hydroxyl groups excluding tert-OH is 1. The zero-order valence-corrected chi connectivity index (χ0v) is 10.6. The van der Waals surface area contributed by atoms with Crippen LogP contribution in [0, 0.1) is 17.5 Å². The van der Waals surface area contributed by atoms with Gasteiger partial charge >= 0.3 is 0 Å². The second-order valence-corrected chi connectivity index (χ2v) is 4.29. The van der Waals surface area contributed by atoms with Crippen molar-refractivity contribution in [1.29, 1.82) is 0 Å². The van der Waals surface area contributed by atoms with Crippen molar-refractivity contribution in [3.63, 3.8) is 0 Å². The molecule has 19 heavy (non-hydrogen) atoms. The molecule has 0 spiro atoms. The highest BCUT2D eigenvalue weighted by Crippen LogP contribution is 2.31. The summed E-state index contributed by atoms with van der Waals surface area (Å²) >= 11 is 5.84. The zero-order chi connectivity index (χ0) is 14.2. The summed E-state index contributed by atoms with van der Waals surface area (Å²) in [4.78, 5) is 0. The van der Waals surface area contributed by atoms with Crippen molar-refractivity contribution in [1.82, 2.24) is 9.78 Å². The molecule has 1 N–H and O–H groups in total. The number of aromatic nitrogens is 2. The molecule has 7 heteroatoms. The lowest BCUT2D eigenvalue weighted by Crippen LogP contribution is -2.13. The number of halogens is 4. The van der Waals surface area contributed by atoms with E-state index in [0.717, 1.165) is 0 Å². The molecule has 1 heterocycles. The Morgan fingerprint density at radius 3 is 2.42 bits per heavy atom. The van der Waals surface area contributed by atoms with E-state index in [1.807, 2.05) is 0 Å². The number of benzene rings is 1. The average molecular weight is 291 g/mol. The first-order valence-electron chi connectivity index (χ1n) is 5.49. The van der Waals surface area contributed by atoms with Crippen molar-refractivity contribution in [3.05, 3.63) is 52.1 Å². The normalized spacial score (nSPS) is 12.7. The molecular formula is C12H10ClF3N2O. The number of aryl methyl sites for hydroxylation is 1. The van der Waals surface area contributed by atoms with Gasteiger partial charge in [-0.15, -0.1) is 0 Å². The third kappa shape index (κ3) is 2.46. The molecule has 0 aliphatic rings. The van der Waals surface area contributed by atoms with E-state index in [1.165, 1.54) is 10.9 Å². The van der Waals surface area contributed by atoms with Gasteiger partial charge in [0.25, 0.3) is 0 Å². The Hall–Kier alpha value is -1.53. The van der Waals surface area contributed by atoms with Crippen molar-refractivity contribution in [2.24, 2.45) is 0 Å². The Morgan fingerprint density at radius 1 is 1.32 bits per heavy atom. The lowest BCUT2D eigenvalue weighted by molar-refractivity contribution is 0.197. The third-order valence-corrected chi connectivity index (χ3v) is 3.00. The first-order valence-corrected chi connectivity index (χ1v) is 5.87. The molecule has 2 aromatic rings. The topological polar surface area (TPSA) is 38.0 Å². The van der Waals surface area contributed by atoms with E-state index in [-0.39, 0.29) is 10.7 Å². The van der Waals surface area contributed by atoms with Gasteiger partial charge < -0.3 is 5.11 Å². The van der Waals surface area contributed by atoms with Crippen molar-refractivity contribution >= 4 is 11.6 Å². The quantitative estimate of drug-likeness (QED) is 0.943. The summed E-state index contributed by atoms with van der Waals surface area (Å²) in [5, 5.41) is 14.0. The molecule has 1 unspecified atom stereocenters. The van der Waals surface area contributed by atoms with Gasteiger partial charge in [-0.1, -0.05) is 11.6 Å². The molecule has 0 fully saturated rings. The highest BCUT2D eigenvalue weighted by Gasteiger charge is 2.26. The molecule has 0 bridgehead atoms. The molecule has 3 nitrogen and oxygen atoms in total. The number of aliphatic hydroxyl groups is 1. The van der Waals surface area contributed by atoms with Gasteiger partial charge in [-0.2, -0.15) is 5.10 Å². The number of rotatable bonds is 3. The Morgan fingerprint density at radius 2 is 1.89 bits per heavy atom. The van der Waals surface area contributed by atoms with Gasteiger partial charge in [0.2, 0.25) is 0 Å². The Labute approximate surface area is 112 Å². The molecule has 1 aromatic carbocycles. The zero-order valence-electron chi connectivity index (χ0n) is 9.87. The van der Waals surface area contributed by atoms with Crippen molar-refractivity contribution in [2.45, 2.75) is 19.6 Å². The minimum atomic E-state index is -1.66. The number of hydrogen-bond acceptors (Lipinski definition) is 2. The number of hydrogen-bond donors (Lipinski definition) is 1. The molecular weight excluding hydrogens is 281 g/mol. The summed E-state index contributed by atoms with van der Waals surface area (Å²) in [5.41, 5.74) is -0.591. The van der Waals surface area contributed by atoms with Crippen molar-refractivity contribution < 1.29 is 18.3 Å². The van der Waals surface area contributed by atoms with E-state index < -0.39 is 29.1 Å². The van der Waals surface area contributed by atoms with E-state index in [9.17, 15) is 18.3 Å². The molecule has 102 valence electrons. The van der Waals surface area contributed by atoms with Crippen LogP contribution in [0.1, 0.15) is 24.3 Å². The summed E-state index contributed by atoms with van der Waals surface area (Å²) in [6.07, 6.45) is -0.390. The van der Waals surface area contributed by atoms with Crippen LogP contribution in [0.4, 0.5) is 13.2 Å². The van der Waals surface area contributed by atoms with Gasteiger partial charge in [0, 0.05) is 18.7 Å². The summed E-state index contributed by atoms with van der Waals surface area (Å²) in [6.45, 7) is 2.10. The van der Waals surface area contributed by atoms with E-state index in [2.05, 4.69) is 5.10 Å². The van der Waals surface area contributed by atoms with Crippen LogP contribution in [0.5, 0.6) is 0 Å². The smallest absolute Gasteiger partial charge is 0.135 e. The summed E-state index contributed by atoms with van der Waals surface area (Å²) < 4.78 is 41.4. The third-order valence-electron chi connectivity index (χ3n) is 2.71. The molecule has 1 atom stereocenters. The molecule has 0 amide bonds. The molecule has 0 aliphatic heterocycles. The second kappa shape index (κ2) is 5.22. The lowest BCUT2D eigenvalue weighted by atomic mass is 10.0. The lowest BCUT2D eigenvalue weighted by Gasteiger charge is -2.15. The summed E-state index contributed by atoms with van der Waals surface area (Å²) in [6, 6.07) is 1.00. The fourth-order valence-corrected chi connectivity index (χ4v) is 2.09. The monoisotopic (exact) mass is 290 g/mol. The Kier molecular flexibility index (Phi) is 3.82. The van der Waals surface area contributed by atoms with Crippen LogP contribution in [0.2, 0.25) is 5.02 Å². The van der Waals surface area contributed by atoms with Crippen molar-refractivity contribution in [3.8, 4) is 0 Å². The van der Waals surface area contributed by atoms with Crippen LogP contribution in [0.3, 0.4) is 0 Å². The molecule has 0 saturated heterocycles. The SMILES string of the molecule is CCn1ncc(Cl)c1C(O)c1c(F)cc(F)cc1F. The van der Waals surface area contributed by atoms with Crippen LogP contribution < -0.4 is 0 Å². The van der Waals surface area contributed by atoms with Crippen LogP contribution in [0.25, 0.3) is 0 Å². The minimum absolute atomic E-state index is 0.0635. The van der Waals surface area contributed by atoms with Crippen molar-refractivity contribution in [2.75, 3.05) is 0 Å². The van der Waals surface area contributed by atoms with Gasteiger partial charge in [0.1, 0.15) is 23.6 Å². The molecule has 0 aliphatic carbocycles. The van der Waals surface area contributed by atoms with Crippen LogP contribution in [0.15, 0.2) is 18.3 Å². The maximum Gasteiger partial charge on any atom is 0.135 e. The minimum Gasteiger partial charge on any atom is -0.382 e. The summed E-state index contributed by atoms with van der Waals surface area (Å²) in [7, 11) is 0. The maximum atomic E-state index is 13.6. The van der Waals surface area contributed by atoms with Gasteiger partial charge in [0.15, 0.2) is 0 Å². The first kappa shape index (κ1) is 13.9. The fourth-order valence-electron chi connectivity index (χ4n) is 1.85. The molecule has 0 saturated carbocycles. The van der Waals surface area contributed by atoms with E-state index in [0.29, 0.717) is 18.7 Å². The van der Waals surface area contributed by atoms with Crippen LogP contribution in [-0.4, -0.2) is 14.9 Å². The standard InChI is InChI=1S/C12H10ClF3N2O/c1-2-18-11(7(13)5-17-18)12(19)10-8(15)3-6(14)4-9(10)16/h3-5,12,19H,2H2,1H3. The predicted octanol–water partition coefficient (Wildman–Crippen LogP) is 3.06. The van der Waals surface area contributed by atoms with Gasteiger partial charge in [-0.25, -0.2) is 13.2 Å². The second-order valence-electron chi connectivity index (χ2n) is 3.88. The first-order chi connectivity index (χ1) is 8.95. The highest BCUT2D eigenvalue weighted by atomic mass is 35.5. The Balaban J connectivity index is 2.56. The van der Waals surface area contributed by atoms with E-state index in [1.54, 1.807) is 6.92 Å². The fraction of sp³-hybridized carbons (Fsp3) is 0.250. The summed E-state index contributed by atoms with van der Waals surface area (Å²) in [5.74, 6) is -3.41. The number of nitrogens with zero attached hydrogens (tertiary/aromatic N) is 2. The molecule has 1 aromatic heterocycles. The van der Waals surface area contributed by atoms with Gasteiger partial charge in [-0.3, -0.25) is 4.68 Å². The van der Waals surface area contributed by atoms with Gasteiger partial charge in [0.05, 0.1) is 22.5 Å². The average Bonchev–Trinajstić information content (AvgIpc) is 2.68. The molecule has 2 rings (SSSR count). The molecule has 0 radical (unpaired) electrons. The predicted molar refractivity (Wildman–Crippen MR) is 63.3 cm³/mol. The van der Waals surface area contributed by atoms with E-state index in [4.69, 9.17) is 11.6 Å². The van der Waals surface area contributed by atoms with E-state index >= 15 is 0 Å². The highest BCUT2D eigenvalue weighted by molar-refractivity contribution is 6.31. The Bertz CT molecular complexity index is 592. The maximum absolute atomic E-state index is 13.6. The van der Waals surface area contributed by atoms with Crippen LogP contribution >= 0.6 is 11.6 Å². The van der Waals surface area contributed by atoms with Gasteiger partial charge in [-0.05, 0) is 6.92 Å².